The second-order valence-electron chi connectivity index (χ2n) is 4.41. The molecule has 2 N–H and O–H groups in total. The van der Waals surface area contributed by atoms with Crippen LogP contribution in [0.2, 0.25) is 0 Å². The number of aromatic nitrogens is 3. The Hall–Kier alpha value is -0.940. The number of ether oxygens (including phenoxy) is 1. The Bertz CT molecular complexity index is 347. The third-order valence-corrected chi connectivity index (χ3v) is 2.79. The average molecular weight is 210 g/mol. The highest BCUT2D eigenvalue weighted by atomic mass is 16.5. The fourth-order valence-corrected chi connectivity index (χ4v) is 1.82. The zero-order valence-corrected chi connectivity index (χ0v) is 9.47. The molecule has 84 valence electrons. The van der Waals surface area contributed by atoms with Crippen LogP contribution in [0.1, 0.15) is 37.3 Å². The van der Waals surface area contributed by atoms with Gasteiger partial charge in [-0.05, 0) is 0 Å². The van der Waals surface area contributed by atoms with Gasteiger partial charge in [0.1, 0.15) is 5.82 Å². The number of nitrogens with two attached hydrogens (primary N) is 1. The van der Waals surface area contributed by atoms with Gasteiger partial charge >= 0.3 is 0 Å². The molecule has 0 amide bonds. The Morgan fingerprint density at radius 2 is 2.20 bits per heavy atom. The molecule has 1 fully saturated rings. The zero-order valence-electron chi connectivity index (χ0n) is 9.47. The van der Waals surface area contributed by atoms with Gasteiger partial charge in [0.15, 0.2) is 5.82 Å². The van der Waals surface area contributed by atoms with Crippen molar-refractivity contribution in [2.45, 2.75) is 31.7 Å². The normalized spacial score (nSPS) is 26.5. The standard InChI is InChI=1S/C10H18N4O/c1-6(2)9-12-10(14(3)13-9)7-4-15-5-8(7)11/h6-8H,4-5,11H2,1-3H3. The van der Waals surface area contributed by atoms with Crippen LogP contribution in [-0.4, -0.2) is 34.0 Å². The van der Waals surface area contributed by atoms with E-state index in [-0.39, 0.29) is 12.0 Å². The Kier molecular flexibility index (Phi) is 2.75. The first-order valence-corrected chi connectivity index (χ1v) is 5.33. The molecule has 15 heavy (non-hydrogen) atoms. The molecule has 1 aromatic heterocycles. The van der Waals surface area contributed by atoms with Gasteiger partial charge in [0.25, 0.3) is 0 Å². The van der Waals surface area contributed by atoms with Gasteiger partial charge in [-0.25, -0.2) is 4.98 Å². The highest BCUT2D eigenvalue weighted by Gasteiger charge is 2.30. The van der Waals surface area contributed by atoms with Gasteiger partial charge in [0.05, 0.1) is 19.1 Å². The molecule has 1 saturated heterocycles. The van der Waals surface area contributed by atoms with E-state index in [9.17, 15) is 0 Å². The van der Waals surface area contributed by atoms with Crippen molar-refractivity contribution in [1.82, 2.24) is 14.8 Å². The summed E-state index contributed by atoms with van der Waals surface area (Å²) in [4.78, 5) is 4.53. The Morgan fingerprint density at radius 1 is 1.47 bits per heavy atom. The Morgan fingerprint density at radius 3 is 2.67 bits per heavy atom. The van der Waals surface area contributed by atoms with Crippen molar-refractivity contribution >= 4 is 0 Å². The minimum Gasteiger partial charge on any atom is -0.379 e. The second-order valence-corrected chi connectivity index (χ2v) is 4.41. The third kappa shape index (κ3) is 1.89. The molecule has 0 saturated carbocycles. The van der Waals surface area contributed by atoms with Crippen molar-refractivity contribution in [1.29, 1.82) is 0 Å². The summed E-state index contributed by atoms with van der Waals surface area (Å²) in [6.45, 7) is 5.45. The summed E-state index contributed by atoms with van der Waals surface area (Å²) in [7, 11) is 1.92. The SMILES string of the molecule is CC(C)c1nc(C2COCC2N)n(C)n1. The number of aryl methyl sites for hydroxylation is 1. The molecule has 0 spiro atoms. The van der Waals surface area contributed by atoms with E-state index >= 15 is 0 Å². The highest BCUT2D eigenvalue weighted by Crippen LogP contribution is 2.23. The minimum absolute atomic E-state index is 0.0490. The lowest BCUT2D eigenvalue weighted by atomic mass is 10.0. The molecule has 0 bridgehead atoms. The first-order valence-electron chi connectivity index (χ1n) is 5.33. The van der Waals surface area contributed by atoms with Gasteiger partial charge in [-0.1, -0.05) is 13.8 Å². The van der Waals surface area contributed by atoms with Crippen LogP contribution in [0.4, 0.5) is 0 Å². The van der Waals surface area contributed by atoms with Crippen molar-refractivity contribution in [3.8, 4) is 0 Å². The summed E-state index contributed by atoms with van der Waals surface area (Å²) >= 11 is 0. The molecule has 0 aromatic carbocycles. The van der Waals surface area contributed by atoms with E-state index in [0.717, 1.165) is 11.6 Å². The van der Waals surface area contributed by atoms with Crippen LogP contribution in [0.15, 0.2) is 0 Å². The van der Waals surface area contributed by atoms with Gasteiger partial charge in [-0.15, -0.1) is 0 Å². The molecule has 2 rings (SSSR count). The fraction of sp³-hybridized carbons (Fsp3) is 0.800. The van der Waals surface area contributed by atoms with E-state index in [1.54, 1.807) is 0 Å². The number of hydrogen-bond acceptors (Lipinski definition) is 4. The van der Waals surface area contributed by atoms with E-state index in [1.165, 1.54) is 0 Å². The highest BCUT2D eigenvalue weighted by molar-refractivity contribution is 5.07. The quantitative estimate of drug-likeness (QED) is 0.766. The number of nitrogens with zero attached hydrogens (tertiary/aromatic N) is 3. The lowest BCUT2D eigenvalue weighted by Crippen LogP contribution is -2.28. The van der Waals surface area contributed by atoms with Crippen LogP contribution in [-0.2, 0) is 11.8 Å². The van der Waals surface area contributed by atoms with Gasteiger partial charge in [0, 0.05) is 19.0 Å². The summed E-state index contributed by atoms with van der Waals surface area (Å²) < 4.78 is 7.17. The summed E-state index contributed by atoms with van der Waals surface area (Å²) in [5, 5.41) is 4.38. The summed E-state index contributed by atoms with van der Waals surface area (Å²) in [5.41, 5.74) is 5.96. The molecule has 1 aliphatic rings. The maximum Gasteiger partial charge on any atom is 0.153 e. The van der Waals surface area contributed by atoms with Crippen LogP contribution in [0.5, 0.6) is 0 Å². The molecule has 5 heteroatoms. The number of rotatable bonds is 2. The summed E-state index contributed by atoms with van der Waals surface area (Å²) in [6.07, 6.45) is 0. The Balaban J connectivity index is 2.27. The minimum atomic E-state index is 0.0490. The van der Waals surface area contributed by atoms with E-state index in [1.807, 2.05) is 11.7 Å². The average Bonchev–Trinajstić information content (AvgIpc) is 2.71. The molecule has 2 heterocycles. The molecular weight excluding hydrogens is 192 g/mol. The molecular formula is C10H18N4O. The third-order valence-electron chi connectivity index (χ3n) is 2.79. The molecule has 0 radical (unpaired) electrons. The number of hydrogen-bond donors (Lipinski definition) is 1. The van der Waals surface area contributed by atoms with Crippen molar-refractivity contribution in [3.05, 3.63) is 11.6 Å². The molecule has 5 nitrogen and oxygen atoms in total. The Labute approximate surface area is 89.6 Å². The zero-order chi connectivity index (χ0) is 11.0. The van der Waals surface area contributed by atoms with Gasteiger partial charge < -0.3 is 10.5 Å². The van der Waals surface area contributed by atoms with E-state index in [4.69, 9.17) is 10.5 Å². The van der Waals surface area contributed by atoms with Crippen molar-refractivity contribution < 1.29 is 4.74 Å². The molecule has 0 aliphatic carbocycles. The van der Waals surface area contributed by atoms with E-state index < -0.39 is 0 Å². The van der Waals surface area contributed by atoms with Gasteiger partial charge in [-0.2, -0.15) is 5.10 Å². The van der Waals surface area contributed by atoms with Crippen molar-refractivity contribution in [2.75, 3.05) is 13.2 Å². The van der Waals surface area contributed by atoms with Crippen molar-refractivity contribution in [2.24, 2.45) is 12.8 Å². The lowest BCUT2D eigenvalue weighted by Gasteiger charge is -2.10. The molecule has 2 unspecified atom stereocenters. The smallest absolute Gasteiger partial charge is 0.153 e. The largest absolute Gasteiger partial charge is 0.379 e. The van der Waals surface area contributed by atoms with Crippen LogP contribution >= 0.6 is 0 Å². The first-order chi connectivity index (χ1) is 7.09. The maximum atomic E-state index is 5.96. The van der Waals surface area contributed by atoms with Gasteiger partial charge in [0.2, 0.25) is 0 Å². The fourth-order valence-electron chi connectivity index (χ4n) is 1.82. The summed E-state index contributed by atoms with van der Waals surface area (Å²) in [6, 6.07) is 0.0490. The van der Waals surface area contributed by atoms with Crippen molar-refractivity contribution in [3.63, 3.8) is 0 Å². The first kappa shape index (κ1) is 10.6. The predicted molar refractivity (Wildman–Crippen MR) is 56.6 cm³/mol. The summed E-state index contributed by atoms with van der Waals surface area (Å²) in [5.74, 6) is 2.37. The van der Waals surface area contributed by atoms with Gasteiger partial charge in [-0.3, -0.25) is 4.68 Å². The van der Waals surface area contributed by atoms with Crippen LogP contribution in [0.25, 0.3) is 0 Å². The van der Waals surface area contributed by atoms with E-state index in [2.05, 4.69) is 23.9 Å². The second kappa shape index (κ2) is 3.90. The lowest BCUT2D eigenvalue weighted by molar-refractivity contribution is 0.190. The molecule has 1 aromatic rings. The predicted octanol–water partition coefficient (Wildman–Crippen LogP) is 0.380. The van der Waals surface area contributed by atoms with Crippen LogP contribution in [0.3, 0.4) is 0 Å². The maximum absolute atomic E-state index is 5.96. The van der Waals surface area contributed by atoms with Crippen LogP contribution in [0, 0.1) is 0 Å². The monoisotopic (exact) mass is 210 g/mol. The molecule has 2 atom stereocenters. The topological polar surface area (TPSA) is 66.0 Å². The van der Waals surface area contributed by atoms with Crippen LogP contribution < -0.4 is 5.73 Å². The molecule has 1 aliphatic heterocycles. The van der Waals surface area contributed by atoms with E-state index in [0.29, 0.717) is 19.1 Å².